The molecule has 1 aromatic rings. The first-order valence-corrected chi connectivity index (χ1v) is 7.57. The van der Waals surface area contributed by atoms with Crippen molar-refractivity contribution in [3.8, 4) is 0 Å². The van der Waals surface area contributed by atoms with Gasteiger partial charge in [-0.2, -0.15) is 0 Å². The number of anilines is 1. The molecule has 2 heterocycles. The predicted octanol–water partition coefficient (Wildman–Crippen LogP) is 1.90. The van der Waals surface area contributed by atoms with Crippen LogP contribution in [0.5, 0.6) is 0 Å². The quantitative estimate of drug-likeness (QED) is 0.896. The number of carbonyl (C=O) groups excluding carboxylic acids is 1. The summed E-state index contributed by atoms with van der Waals surface area (Å²) < 4.78 is 5.32. The number of pyridine rings is 1. The van der Waals surface area contributed by atoms with Gasteiger partial charge >= 0.3 is 12.1 Å². The SMILES string of the molecule is Cc1ccc(N2CCN(C(=O)OC(C)(C)C)CC2C(=O)O)nc1. The Hall–Kier alpha value is -2.31. The van der Waals surface area contributed by atoms with Crippen molar-refractivity contribution in [1.29, 1.82) is 0 Å². The highest BCUT2D eigenvalue weighted by molar-refractivity contribution is 5.80. The fourth-order valence-corrected chi connectivity index (χ4v) is 2.39. The summed E-state index contributed by atoms with van der Waals surface area (Å²) in [4.78, 5) is 31.2. The zero-order valence-corrected chi connectivity index (χ0v) is 13.9. The molecule has 1 aliphatic heterocycles. The molecule has 1 unspecified atom stereocenters. The Morgan fingerprint density at radius 3 is 2.52 bits per heavy atom. The average Bonchev–Trinajstić information content (AvgIpc) is 2.45. The van der Waals surface area contributed by atoms with Crippen molar-refractivity contribution < 1.29 is 19.4 Å². The lowest BCUT2D eigenvalue weighted by atomic mass is 10.1. The van der Waals surface area contributed by atoms with Crippen molar-refractivity contribution >= 4 is 17.9 Å². The summed E-state index contributed by atoms with van der Waals surface area (Å²) in [5.41, 5.74) is 0.402. The summed E-state index contributed by atoms with van der Waals surface area (Å²) in [5, 5.41) is 9.51. The number of carbonyl (C=O) groups is 2. The standard InChI is InChI=1S/C16H23N3O4/c1-11-5-6-13(17-9-11)19-8-7-18(10-12(19)14(20)21)15(22)23-16(2,3)4/h5-6,9,12H,7-8,10H2,1-4H3,(H,20,21). The Morgan fingerprint density at radius 1 is 1.30 bits per heavy atom. The Kier molecular flexibility index (Phi) is 4.77. The first-order valence-electron chi connectivity index (χ1n) is 7.57. The van der Waals surface area contributed by atoms with Gasteiger partial charge in [-0.05, 0) is 39.3 Å². The minimum Gasteiger partial charge on any atom is -0.480 e. The van der Waals surface area contributed by atoms with Crippen molar-refractivity contribution in [2.24, 2.45) is 0 Å². The second-order valence-electron chi connectivity index (χ2n) is 6.67. The summed E-state index contributed by atoms with van der Waals surface area (Å²) in [5.74, 6) is -0.382. The topological polar surface area (TPSA) is 83.0 Å². The van der Waals surface area contributed by atoms with E-state index in [9.17, 15) is 14.7 Å². The number of amides is 1. The van der Waals surface area contributed by atoms with Crippen LogP contribution in [0, 0.1) is 6.92 Å². The van der Waals surface area contributed by atoms with Crippen LogP contribution in [0.15, 0.2) is 18.3 Å². The number of carboxylic acids is 1. The van der Waals surface area contributed by atoms with Crippen molar-refractivity contribution in [3.05, 3.63) is 23.9 Å². The van der Waals surface area contributed by atoms with E-state index in [-0.39, 0.29) is 6.54 Å². The number of carboxylic acid groups (broad SMARTS) is 1. The van der Waals surface area contributed by atoms with E-state index in [1.165, 1.54) is 4.90 Å². The molecule has 0 aliphatic carbocycles. The van der Waals surface area contributed by atoms with Gasteiger partial charge in [0.25, 0.3) is 0 Å². The van der Waals surface area contributed by atoms with Crippen LogP contribution < -0.4 is 4.90 Å². The van der Waals surface area contributed by atoms with Gasteiger partial charge in [-0.3, -0.25) is 0 Å². The van der Waals surface area contributed by atoms with Crippen LogP contribution in [0.2, 0.25) is 0 Å². The number of hydrogen-bond acceptors (Lipinski definition) is 5. The molecule has 1 aliphatic rings. The van der Waals surface area contributed by atoms with Gasteiger partial charge in [-0.1, -0.05) is 6.07 Å². The largest absolute Gasteiger partial charge is 0.480 e. The molecular formula is C16H23N3O4. The molecule has 0 aromatic carbocycles. The number of aromatic nitrogens is 1. The molecule has 1 atom stereocenters. The lowest BCUT2D eigenvalue weighted by Crippen LogP contribution is -2.58. The number of piperazine rings is 1. The zero-order valence-electron chi connectivity index (χ0n) is 13.9. The maximum atomic E-state index is 12.1. The third kappa shape index (κ3) is 4.34. The molecule has 7 heteroatoms. The molecule has 0 saturated carbocycles. The number of ether oxygens (including phenoxy) is 1. The number of rotatable bonds is 2. The molecule has 2 rings (SSSR count). The number of hydrogen-bond donors (Lipinski definition) is 1. The minimum absolute atomic E-state index is 0.0692. The van der Waals surface area contributed by atoms with Gasteiger partial charge in [-0.25, -0.2) is 14.6 Å². The summed E-state index contributed by atoms with van der Waals surface area (Å²) in [6.07, 6.45) is 1.22. The van der Waals surface area contributed by atoms with Crippen LogP contribution in [-0.2, 0) is 9.53 Å². The normalized spacial score (nSPS) is 18.7. The third-order valence-electron chi connectivity index (χ3n) is 3.51. The van der Waals surface area contributed by atoms with E-state index in [4.69, 9.17) is 4.74 Å². The Balaban J connectivity index is 2.13. The summed E-state index contributed by atoms with van der Waals surface area (Å²) >= 11 is 0. The van der Waals surface area contributed by atoms with E-state index in [0.717, 1.165) is 5.56 Å². The molecule has 1 amide bonds. The summed E-state index contributed by atoms with van der Waals surface area (Å²) in [6.45, 7) is 8.14. The van der Waals surface area contributed by atoms with Gasteiger partial charge in [0.15, 0.2) is 0 Å². The fourth-order valence-electron chi connectivity index (χ4n) is 2.39. The minimum atomic E-state index is -0.986. The molecule has 1 aromatic heterocycles. The zero-order chi connectivity index (χ0) is 17.2. The van der Waals surface area contributed by atoms with Gasteiger partial charge in [0, 0.05) is 19.3 Å². The first-order chi connectivity index (χ1) is 10.7. The number of nitrogens with zero attached hydrogens (tertiary/aromatic N) is 3. The molecule has 0 bridgehead atoms. The predicted molar refractivity (Wildman–Crippen MR) is 85.6 cm³/mol. The molecule has 1 N–H and O–H groups in total. The van der Waals surface area contributed by atoms with Crippen LogP contribution >= 0.6 is 0 Å². The van der Waals surface area contributed by atoms with Gasteiger partial charge in [-0.15, -0.1) is 0 Å². The fraction of sp³-hybridized carbons (Fsp3) is 0.562. The summed E-state index contributed by atoms with van der Waals surface area (Å²) in [6, 6.07) is 2.85. The van der Waals surface area contributed by atoms with Crippen molar-refractivity contribution in [2.45, 2.75) is 39.3 Å². The van der Waals surface area contributed by atoms with Crippen LogP contribution in [0.1, 0.15) is 26.3 Å². The van der Waals surface area contributed by atoms with Crippen LogP contribution in [0.25, 0.3) is 0 Å². The third-order valence-corrected chi connectivity index (χ3v) is 3.51. The number of aliphatic carboxylic acids is 1. The maximum absolute atomic E-state index is 12.1. The van der Waals surface area contributed by atoms with E-state index >= 15 is 0 Å². The van der Waals surface area contributed by atoms with Crippen LogP contribution in [-0.4, -0.2) is 58.3 Å². The van der Waals surface area contributed by atoms with Crippen molar-refractivity contribution in [3.63, 3.8) is 0 Å². The highest BCUT2D eigenvalue weighted by Gasteiger charge is 2.36. The van der Waals surface area contributed by atoms with Crippen LogP contribution in [0.4, 0.5) is 10.6 Å². The lowest BCUT2D eigenvalue weighted by molar-refractivity contribution is -0.139. The second-order valence-corrected chi connectivity index (χ2v) is 6.67. The molecule has 1 fully saturated rings. The molecule has 1 saturated heterocycles. The van der Waals surface area contributed by atoms with E-state index < -0.39 is 23.7 Å². The molecule has 23 heavy (non-hydrogen) atoms. The van der Waals surface area contributed by atoms with Crippen molar-refractivity contribution in [1.82, 2.24) is 9.88 Å². The Morgan fingerprint density at radius 2 is 2.00 bits per heavy atom. The number of aryl methyl sites for hydroxylation is 1. The monoisotopic (exact) mass is 321 g/mol. The molecule has 0 radical (unpaired) electrons. The Labute approximate surface area is 135 Å². The summed E-state index contributed by atoms with van der Waals surface area (Å²) in [7, 11) is 0. The second kappa shape index (κ2) is 6.44. The van der Waals surface area contributed by atoms with E-state index in [2.05, 4.69) is 4.98 Å². The highest BCUT2D eigenvalue weighted by Crippen LogP contribution is 2.20. The molecule has 7 nitrogen and oxygen atoms in total. The average molecular weight is 321 g/mol. The molecule has 126 valence electrons. The maximum Gasteiger partial charge on any atom is 0.410 e. The van der Waals surface area contributed by atoms with Gasteiger partial charge in [0.2, 0.25) is 0 Å². The van der Waals surface area contributed by atoms with E-state index in [0.29, 0.717) is 18.9 Å². The van der Waals surface area contributed by atoms with Gasteiger partial charge in [0.1, 0.15) is 17.5 Å². The highest BCUT2D eigenvalue weighted by atomic mass is 16.6. The lowest BCUT2D eigenvalue weighted by Gasteiger charge is -2.40. The molecular weight excluding hydrogens is 298 g/mol. The van der Waals surface area contributed by atoms with Crippen LogP contribution in [0.3, 0.4) is 0 Å². The van der Waals surface area contributed by atoms with Gasteiger partial charge < -0.3 is 19.6 Å². The molecule has 0 spiro atoms. The van der Waals surface area contributed by atoms with E-state index in [1.807, 2.05) is 13.0 Å². The van der Waals surface area contributed by atoms with Gasteiger partial charge in [0.05, 0.1) is 6.54 Å². The van der Waals surface area contributed by atoms with Crippen molar-refractivity contribution in [2.75, 3.05) is 24.5 Å². The Bertz CT molecular complexity index is 580. The first kappa shape index (κ1) is 17.1. The van der Waals surface area contributed by atoms with E-state index in [1.54, 1.807) is 37.9 Å². The smallest absolute Gasteiger partial charge is 0.410 e.